The second kappa shape index (κ2) is 6.03. The summed E-state index contributed by atoms with van der Waals surface area (Å²) in [7, 11) is 0. The summed E-state index contributed by atoms with van der Waals surface area (Å²) in [4.78, 5) is 24.6. The highest BCUT2D eigenvalue weighted by molar-refractivity contribution is 5.94. The molecular weight excluding hydrogens is 261 g/mol. The van der Waals surface area contributed by atoms with Crippen LogP contribution >= 0.6 is 0 Å². The first-order valence-corrected chi connectivity index (χ1v) is 6.78. The minimum absolute atomic E-state index is 0.105. The number of anilines is 1. The van der Waals surface area contributed by atoms with Gasteiger partial charge in [0.25, 0.3) is 0 Å². The fourth-order valence-electron chi connectivity index (χ4n) is 2.56. The molecule has 0 saturated carbocycles. The fraction of sp³-hybridized carbons (Fsp3) is 0.467. The molecule has 4 nitrogen and oxygen atoms in total. The summed E-state index contributed by atoms with van der Waals surface area (Å²) in [5.41, 5.74) is 2.03. The number of halogens is 1. The van der Waals surface area contributed by atoms with Gasteiger partial charge < -0.3 is 9.64 Å². The van der Waals surface area contributed by atoms with Gasteiger partial charge in [0.1, 0.15) is 5.82 Å². The van der Waals surface area contributed by atoms with Crippen LogP contribution in [0.15, 0.2) is 12.1 Å². The topological polar surface area (TPSA) is 46.6 Å². The Morgan fingerprint density at radius 3 is 2.80 bits per heavy atom. The Kier molecular flexibility index (Phi) is 4.37. The van der Waals surface area contributed by atoms with E-state index in [9.17, 15) is 14.0 Å². The molecule has 0 unspecified atom stereocenters. The third kappa shape index (κ3) is 2.81. The third-order valence-electron chi connectivity index (χ3n) is 3.45. The number of esters is 1. The third-order valence-corrected chi connectivity index (χ3v) is 3.45. The minimum Gasteiger partial charge on any atom is -0.466 e. The maximum Gasteiger partial charge on any atom is 0.306 e. The Morgan fingerprint density at radius 1 is 1.40 bits per heavy atom. The highest BCUT2D eigenvalue weighted by Gasteiger charge is 2.27. The summed E-state index contributed by atoms with van der Waals surface area (Å²) < 4.78 is 18.9. The first-order valence-electron chi connectivity index (χ1n) is 6.78. The van der Waals surface area contributed by atoms with Crippen molar-refractivity contribution in [2.75, 3.05) is 18.1 Å². The van der Waals surface area contributed by atoms with Crippen molar-refractivity contribution in [3.05, 3.63) is 29.1 Å². The van der Waals surface area contributed by atoms with Crippen molar-refractivity contribution < 1.29 is 18.7 Å². The molecule has 0 aliphatic carbocycles. The van der Waals surface area contributed by atoms with Crippen molar-refractivity contribution in [2.24, 2.45) is 0 Å². The number of hydrogen-bond acceptors (Lipinski definition) is 3. The van der Waals surface area contributed by atoms with Crippen molar-refractivity contribution >= 4 is 17.6 Å². The Hall–Kier alpha value is -1.91. The van der Waals surface area contributed by atoms with Crippen molar-refractivity contribution in [1.82, 2.24) is 0 Å². The van der Waals surface area contributed by atoms with Gasteiger partial charge in [-0.05, 0) is 31.4 Å². The lowest BCUT2D eigenvalue weighted by Gasteiger charge is -2.19. The molecule has 1 heterocycles. The molecule has 0 atom stereocenters. The molecule has 5 heteroatoms. The lowest BCUT2D eigenvalue weighted by atomic mass is 10.0. The quantitative estimate of drug-likeness (QED) is 0.794. The number of nitrogens with zero attached hydrogens (tertiary/aromatic N) is 1. The molecule has 0 fully saturated rings. The van der Waals surface area contributed by atoms with Crippen molar-refractivity contribution in [3.8, 4) is 0 Å². The van der Waals surface area contributed by atoms with E-state index in [0.29, 0.717) is 24.4 Å². The molecule has 0 bridgehead atoms. The maximum atomic E-state index is 14.0. The lowest BCUT2D eigenvalue weighted by Crippen LogP contribution is -2.27. The van der Waals surface area contributed by atoms with E-state index >= 15 is 0 Å². The van der Waals surface area contributed by atoms with Gasteiger partial charge in [-0.3, -0.25) is 9.59 Å². The van der Waals surface area contributed by atoms with Gasteiger partial charge in [-0.2, -0.15) is 0 Å². The molecule has 0 radical (unpaired) electrons. The molecule has 1 aromatic rings. The number of benzene rings is 1. The Bertz CT molecular complexity index is 542. The zero-order valence-electron chi connectivity index (χ0n) is 11.7. The number of carbonyl (C=O) groups excluding carboxylic acids is 2. The summed E-state index contributed by atoms with van der Waals surface area (Å²) in [5.74, 6) is -0.829. The zero-order valence-corrected chi connectivity index (χ0v) is 11.7. The van der Waals surface area contributed by atoms with Crippen LogP contribution in [0.25, 0.3) is 0 Å². The summed E-state index contributed by atoms with van der Waals surface area (Å²) in [6, 6.07) is 3.12. The first-order chi connectivity index (χ1) is 9.54. The monoisotopic (exact) mass is 279 g/mol. The average molecular weight is 279 g/mol. The van der Waals surface area contributed by atoms with Gasteiger partial charge in [0, 0.05) is 25.5 Å². The molecule has 0 N–H and O–H groups in total. The summed E-state index contributed by atoms with van der Waals surface area (Å²) in [5, 5.41) is 0. The van der Waals surface area contributed by atoms with Crippen LogP contribution in [0.2, 0.25) is 0 Å². The fourth-order valence-corrected chi connectivity index (χ4v) is 2.56. The predicted molar refractivity (Wildman–Crippen MR) is 73.1 cm³/mol. The second-order valence-corrected chi connectivity index (χ2v) is 4.76. The SMILES string of the molecule is CCOC(=O)CCc1c(F)ccc2c1N(C(C)=O)CC2. The standard InChI is InChI=1S/C15H18FNO3/c1-3-20-14(19)7-5-12-13(16)6-4-11-8-9-17(10(2)18)15(11)12/h4,6H,3,5,7-9H2,1-2H3. The molecular formula is C15H18FNO3. The second-order valence-electron chi connectivity index (χ2n) is 4.76. The van der Waals surface area contributed by atoms with Crippen LogP contribution in [0.5, 0.6) is 0 Å². The molecule has 0 saturated heterocycles. The van der Waals surface area contributed by atoms with Crippen LogP contribution in [0.3, 0.4) is 0 Å². The normalized spacial score (nSPS) is 13.2. The summed E-state index contributed by atoms with van der Waals surface area (Å²) in [6.45, 7) is 4.08. The van der Waals surface area contributed by atoms with Crippen molar-refractivity contribution in [3.63, 3.8) is 0 Å². The van der Waals surface area contributed by atoms with Crippen LogP contribution in [0.4, 0.5) is 10.1 Å². The van der Waals surface area contributed by atoms with Gasteiger partial charge in [-0.1, -0.05) is 6.07 Å². The van der Waals surface area contributed by atoms with E-state index in [-0.39, 0.29) is 30.5 Å². The van der Waals surface area contributed by atoms with E-state index in [1.54, 1.807) is 17.9 Å². The molecule has 108 valence electrons. The predicted octanol–water partition coefficient (Wildman–Crippen LogP) is 2.23. The lowest BCUT2D eigenvalue weighted by molar-refractivity contribution is -0.143. The number of ether oxygens (including phenoxy) is 1. The smallest absolute Gasteiger partial charge is 0.306 e. The number of carbonyl (C=O) groups is 2. The van der Waals surface area contributed by atoms with Crippen LogP contribution < -0.4 is 4.90 Å². The van der Waals surface area contributed by atoms with E-state index in [1.165, 1.54) is 13.0 Å². The summed E-state index contributed by atoms with van der Waals surface area (Å²) >= 11 is 0. The van der Waals surface area contributed by atoms with E-state index in [0.717, 1.165) is 12.0 Å². The Balaban J connectivity index is 2.26. The van der Waals surface area contributed by atoms with Crippen LogP contribution in [-0.2, 0) is 27.2 Å². The molecule has 1 aliphatic rings. The van der Waals surface area contributed by atoms with Gasteiger partial charge in [-0.25, -0.2) is 4.39 Å². The van der Waals surface area contributed by atoms with Gasteiger partial charge in [-0.15, -0.1) is 0 Å². The van der Waals surface area contributed by atoms with Gasteiger partial charge >= 0.3 is 5.97 Å². The maximum absolute atomic E-state index is 14.0. The molecule has 20 heavy (non-hydrogen) atoms. The van der Waals surface area contributed by atoms with E-state index in [1.807, 2.05) is 0 Å². The number of amides is 1. The van der Waals surface area contributed by atoms with Gasteiger partial charge in [0.15, 0.2) is 0 Å². The average Bonchev–Trinajstić information content (AvgIpc) is 2.82. The number of hydrogen-bond donors (Lipinski definition) is 0. The molecule has 1 aromatic carbocycles. The zero-order chi connectivity index (χ0) is 14.7. The largest absolute Gasteiger partial charge is 0.466 e. The highest BCUT2D eigenvalue weighted by Crippen LogP contribution is 2.34. The van der Waals surface area contributed by atoms with E-state index in [2.05, 4.69) is 0 Å². The van der Waals surface area contributed by atoms with Gasteiger partial charge in [0.2, 0.25) is 5.91 Å². The van der Waals surface area contributed by atoms with Gasteiger partial charge in [0.05, 0.1) is 12.3 Å². The van der Waals surface area contributed by atoms with E-state index < -0.39 is 0 Å². The molecule has 1 amide bonds. The van der Waals surface area contributed by atoms with Crippen LogP contribution in [0, 0.1) is 5.82 Å². The Morgan fingerprint density at radius 2 is 2.15 bits per heavy atom. The molecule has 0 spiro atoms. The molecule has 1 aliphatic heterocycles. The Labute approximate surface area is 117 Å². The molecule has 0 aromatic heterocycles. The van der Waals surface area contributed by atoms with Crippen LogP contribution in [-0.4, -0.2) is 25.0 Å². The van der Waals surface area contributed by atoms with Crippen LogP contribution in [0.1, 0.15) is 31.4 Å². The number of rotatable bonds is 4. The minimum atomic E-state index is -0.374. The van der Waals surface area contributed by atoms with E-state index in [4.69, 9.17) is 4.74 Å². The first kappa shape index (κ1) is 14.5. The highest BCUT2D eigenvalue weighted by atomic mass is 19.1. The number of fused-ring (bicyclic) bond motifs is 1. The summed E-state index contributed by atoms with van der Waals surface area (Å²) in [6.07, 6.45) is 1.09. The molecule has 2 rings (SSSR count). The van der Waals surface area contributed by atoms with Crippen molar-refractivity contribution in [1.29, 1.82) is 0 Å². The van der Waals surface area contributed by atoms with Crippen molar-refractivity contribution in [2.45, 2.75) is 33.1 Å².